The first-order valence-corrected chi connectivity index (χ1v) is 14.5. The van der Waals surface area contributed by atoms with Crippen LogP contribution in [0.1, 0.15) is 96.0 Å². The molecule has 10 heteroatoms. The molecule has 0 bridgehead atoms. The van der Waals surface area contributed by atoms with E-state index in [1.807, 2.05) is 0 Å². The number of amides is 1. The number of allylic oxidation sites excluding steroid dienone is 1. The number of benzene rings is 1. The number of carboxylic acid groups (broad SMARTS) is 3. The summed E-state index contributed by atoms with van der Waals surface area (Å²) < 4.78 is 0. The van der Waals surface area contributed by atoms with Crippen LogP contribution in [-0.2, 0) is 30.4 Å². The Kier molecular flexibility index (Phi) is 17.4. The molecule has 0 aliphatic rings. The SMILES string of the molecule is CCCCCCCC(=O)CCCCCC/C=C/C(C(=O)N[C@@H](Cc1ccc(O)cc1)C(=O)O)[C@@H](CC(=O)O)C(=O)O. The maximum Gasteiger partial charge on any atom is 0.326 e. The van der Waals surface area contributed by atoms with Gasteiger partial charge in [-0.3, -0.25) is 19.2 Å². The van der Waals surface area contributed by atoms with E-state index in [2.05, 4.69) is 12.2 Å². The van der Waals surface area contributed by atoms with Gasteiger partial charge in [-0.05, 0) is 43.4 Å². The van der Waals surface area contributed by atoms with Crippen molar-refractivity contribution in [2.45, 2.75) is 103 Å². The number of ketones is 1. The molecular weight excluding hydrogens is 530 g/mol. The Morgan fingerprint density at radius 2 is 1.39 bits per heavy atom. The molecule has 0 aromatic heterocycles. The Labute approximate surface area is 241 Å². The summed E-state index contributed by atoms with van der Waals surface area (Å²) in [5.74, 6) is -7.79. The number of rotatable bonds is 23. The Hall–Kier alpha value is -3.69. The molecule has 0 spiro atoms. The van der Waals surface area contributed by atoms with E-state index in [1.54, 1.807) is 6.08 Å². The molecule has 3 atom stereocenters. The molecule has 5 N–H and O–H groups in total. The lowest BCUT2D eigenvalue weighted by molar-refractivity contribution is -0.152. The van der Waals surface area contributed by atoms with Crippen LogP contribution in [-0.4, -0.2) is 56.1 Å². The van der Waals surface area contributed by atoms with E-state index in [0.29, 0.717) is 30.6 Å². The maximum atomic E-state index is 13.1. The molecular formula is C31H45NO9. The third-order valence-electron chi connectivity index (χ3n) is 6.92. The maximum absolute atomic E-state index is 13.1. The number of Topliss-reactive ketones (excluding diaryl/α,β-unsaturated/α-hetero) is 1. The number of aliphatic carboxylic acids is 3. The van der Waals surface area contributed by atoms with Crippen molar-refractivity contribution in [3.63, 3.8) is 0 Å². The van der Waals surface area contributed by atoms with Crippen molar-refractivity contribution in [1.82, 2.24) is 5.32 Å². The highest BCUT2D eigenvalue weighted by atomic mass is 16.4. The number of hydrogen-bond acceptors (Lipinski definition) is 6. The van der Waals surface area contributed by atoms with E-state index >= 15 is 0 Å². The minimum absolute atomic E-state index is 0.00510. The van der Waals surface area contributed by atoms with Gasteiger partial charge in [0, 0.05) is 19.3 Å². The average molecular weight is 576 g/mol. The van der Waals surface area contributed by atoms with Crippen LogP contribution < -0.4 is 5.32 Å². The van der Waals surface area contributed by atoms with Gasteiger partial charge in [0.05, 0.1) is 18.3 Å². The molecule has 0 saturated carbocycles. The molecule has 0 fully saturated rings. The highest BCUT2D eigenvalue weighted by Crippen LogP contribution is 2.21. The average Bonchev–Trinajstić information content (AvgIpc) is 2.91. The second-order valence-electron chi connectivity index (χ2n) is 10.4. The van der Waals surface area contributed by atoms with E-state index in [4.69, 9.17) is 0 Å². The smallest absolute Gasteiger partial charge is 0.326 e. The molecule has 1 aromatic rings. The van der Waals surface area contributed by atoms with E-state index < -0.39 is 48.1 Å². The lowest BCUT2D eigenvalue weighted by Gasteiger charge is -2.22. The number of nitrogens with one attached hydrogen (secondary N) is 1. The van der Waals surface area contributed by atoms with Gasteiger partial charge in [0.25, 0.3) is 0 Å². The lowest BCUT2D eigenvalue weighted by Crippen LogP contribution is -2.47. The Morgan fingerprint density at radius 1 is 0.805 bits per heavy atom. The minimum atomic E-state index is -1.58. The van der Waals surface area contributed by atoms with Gasteiger partial charge in [0.15, 0.2) is 0 Å². The van der Waals surface area contributed by atoms with E-state index in [9.17, 15) is 44.4 Å². The number of hydrogen-bond donors (Lipinski definition) is 5. The van der Waals surface area contributed by atoms with Crippen molar-refractivity contribution in [2.24, 2.45) is 11.8 Å². The Bertz CT molecular complexity index is 1000. The van der Waals surface area contributed by atoms with Crippen LogP contribution in [0.25, 0.3) is 0 Å². The number of carboxylic acids is 3. The van der Waals surface area contributed by atoms with Gasteiger partial charge in [-0.15, -0.1) is 0 Å². The van der Waals surface area contributed by atoms with Crippen LogP contribution in [0.5, 0.6) is 5.75 Å². The van der Waals surface area contributed by atoms with Crippen molar-refractivity contribution in [1.29, 1.82) is 0 Å². The zero-order chi connectivity index (χ0) is 30.6. The fraction of sp³-hybridized carbons (Fsp3) is 0.581. The second-order valence-corrected chi connectivity index (χ2v) is 10.4. The number of carbonyl (C=O) groups is 5. The van der Waals surface area contributed by atoms with Gasteiger partial charge in [0.2, 0.25) is 5.91 Å². The molecule has 1 unspecified atom stereocenters. The monoisotopic (exact) mass is 575 g/mol. The molecule has 0 saturated heterocycles. The van der Waals surface area contributed by atoms with Crippen molar-refractivity contribution >= 4 is 29.6 Å². The summed E-state index contributed by atoms with van der Waals surface area (Å²) in [5, 5.41) is 40.2. The van der Waals surface area contributed by atoms with Crippen molar-refractivity contribution < 1.29 is 44.4 Å². The van der Waals surface area contributed by atoms with E-state index in [0.717, 1.165) is 38.5 Å². The van der Waals surface area contributed by atoms with E-state index in [-0.39, 0.29) is 12.2 Å². The normalized spacial score (nSPS) is 13.4. The largest absolute Gasteiger partial charge is 0.508 e. The lowest BCUT2D eigenvalue weighted by atomic mass is 9.87. The van der Waals surface area contributed by atoms with Crippen LogP contribution in [0.3, 0.4) is 0 Å². The van der Waals surface area contributed by atoms with Crippen molar-refractivity contribution in [3.8, 4) is 5.75 Å². The predicted molar refractivity (Wildman–Crippen MR) is 153 cm³/mol. The molecule has 1 amide bonds. The number of aromatic hydroxyl groups is 1. The fourth-order valence-electron chi connectivity index (χ4n) is 4.53. The molecule has 1 aromatic carbocycles. The first-order valence-electron chi connectivity index (χ1n) is 14.5. The molecule has 0 radical (unpaired) electrons. The van der Waals surface area contributed by atoms with Crippen molar-refractivity contribution in [3.05, 3.63) is 42.0 Å². The second kappa shape index (κ2) is 20.2. The molecule has 1 rings (SSSR count). The Balaban J connectivity index is 2.68. The van der Waals surface area contributed by atoms with Crippen LogP contribution in [0.2, 0.25) is 0 Å². The predicted octanol–water partition coefficient (Wildman–Crippen LogP) is 5.12. The topological polar surface area (TPSA) is 178 Å². The van der Waals surface area contributed by atoms with Gasteiger partial charge < -0.3 is 25.7 Å². The zero-order valence-corrected chi connectivity index (χ0v) is 23.9. The number of carbonyl (C=O) groups excluding carboxylic acids is 2. The molecule has 0 heterocycles. The van der Waals surface area contributed by atoms with Crippen LogP contribution >= 0.6 is 0 Å². The van der Waals surface area contributed by atoms with Crippen LogP contribution in [0, 0.1) is 11.8 Å². The van der Waals surface area contributed by atoms with Crippen LogP contribution in [0.4, 0.5) is 0 Å². The zero-order valence-electron chi connectivity index (χ0n) is 23.9. The minimum Gasteiger partial charge on any atom is -0.508 e. The third kappa shape index (κ3) is 15.6. The highest BCUT2D eigenvalue weighted by molar-refractivity contribution is 5.91. The summed E-state index contributed by atoms with van der Waals surface area (Å²) in [4.78, 5) is 60.0. The fourth-order valence-corrected chi connectivity index (χ4v) is 4.53. The van der Waals surface area contributed by atoms with Gasteiger partial charge >= 0.3 is 17.9 Å². The number of phenolic OH excluding ortho intramolecular Hbond substituents is 1. The third-order valence-corrected chi connectivity index (χ3v) is 6.92. The Morgan fingerprint density at radius 3 is 1.93 bits per heavy atom. The summed E-state index contributed by atoms with van der Waals surface area (Å²) in [6.07, 6.45) is 12.6. The molecule has 41 heavy (non-hydrogen) atoms. The number of phenols is 1. The summed E-state index contributed by atoms with van der Waals surface area (Å²) in [5.41, 5.74) is 0.525. The molecule has 10 nitrogen and oxygen atoms in total. The molecule has 228 valence electrons. The standard InChI is InChI=1S/C31H45NO9/c1-2-3-4-7-10-13-23(33)14-11-8-5-6-9-12-15-25(26(30(38)39)21-28(35)36)29(37)32-27(31(40)41)20-22-16-18-24(34)19-17-22/h12,15-19,25-27,34H,2-11,13-14,20-21H2,1H3,(H,32,37)(H,35,36)(H,38,39)(H,40,41)/b15-12+/t25?,26-,27+/m1/s1. The molecule has 0 aliphatic heterocycles. The van der Waals surface area contributed by atoms with Gasteiger partial charge in [-0.25, -0.2) is 4.79 Å². The first kappa shape index (κ1) is 35.3. The van der Waals surface area contributed by atoms with Gasteiger partial charge in [-0.1, -0.05) is 69.7 Å². The van der Waals surface area contributed by atoms with Crippen molar-refractivity contribution in [2.75, 3.05) is 0 Å². The summed E-state index contributed by atoms with van der Waals surface area (Å²) in [7, 11) is 0. The van der Waals surface area contributed by atoms with Gasteiger partial charge in [0.1, 0.15) is 17.6 Å². The summed E-state index contributed by atoms with van der Waals surface area (Å²) in [6.45, 7) is 2.15. The number of unbranched alkanes of at least 4 members (excludes halogenated alkanes) is 8. The van der Waals surface area contributed by atoms with Crippen LogP contribution in [0.15, 0.2) is 36.4 Å². The summed E-state index contributed by atoms with van der Waals surface area (Å²) in [6, 6.07) is 4.37. The first-order chi connectivity index (χ1) is 19.5. The van der Waals surface area contributed by atoms with Gasteiger partial charge in [-0.2, -0.15) is 0 Å². The van der Waals surface area contributed by atoms with E-state index in [1.165, 1.54) is 49.6 Å². The highest BCUT2D eigenvalue weighted by Gasteiger charge is 2.35. The quantitative estimate of drug-likeness (QED) is 0.0874. The molecule has 0 aliphatic carbocycles. The summed E-state index contributed by atoms with van der Waals surface area (Å²) >= 11 is 0.